The molecule has 106 valence electrons. The molecule has 6 heteroatoms. The lowest BCUT2D eigenvalue weighted by atomic mass is 10.1. The molecule has 3 rings (SSSR count). The molecule has 0 spiro atoms. The van der Waals surface area contributed by atoms with E-state index in [4.69, 9.17) is 4.74 Å². The van der Waals surface area contributed by atoms with E-state index in [0.29, 0.717) is 6.10 Å². The monoisotopic (exact) mass is 336 g/mol. The molecule has 0 N–H and O–H groups in total. The van der Waals surface area contributed by atoms with Gasteiger partial charge in [-0.2, -0.15) is 0 Å². The van der Waals surface area contributed by atoms with E-state index in [9.17, 15) is 0 Å². The van der Waals surface area contributed by atoms with Gasteiger partial charge in [0, 0.05) is 18.4 Å². The third kappa shape index (κ3) is 3.07. The molecular weight excluding hydrogens is 320 g/mol. The summed E-state index contributed by atoms with van der Waals surface area (Å²) in [4.78, 5) is 6.78. The molecular formula is C14H17BrN4O. The van der Waals surface area contributed by atoms with Crippen LogP contribution in [0.25, 0.3) is 11.0 Å². The van der Waals surface area contributed by atoms with Crippen molar-refractivity contribution in [1.82, 2.24) is 15.2 Å². The second kappa shape index (κ2) is 6.45. The highest BCUT2D eigenvalue weighted by atomic mass is 79.9. The maximum absolute atomic E-state index is 5.76. The Morgan fingerprint density at radius 2 is 1.90 bits per heavy atom. The van der Waals surface area contributed by atoms with Crippen LogP contribution in [-0.4, -0.2) is 46.3 Å². The van der Waals surface area contributed by atoms with Gasteiger partial charge in [-0.25, -0.2) is 4.98 Å². The Labute approximate surface area is 126 Å². The fraction of sp³-hybridized carbons (Fsp3) is 0.500. The van der Waals surface area contributed by atoms with Gasteiger partial charge < -0.3 is 9.64 Å². The molecule has 20 heavy (non-hydrogen) atoms. The number of para-hydroxylation sites is 1. The first-order valence-corrected chi connectivity index (χ1v) is 8.01. The molecule has 0 aliphatic carbocycles. The predicted octanol–water partition coefficient (Wildman–Crippen LogP) is 2.41. The number of alkyl halides is 1. The molecule has 0 saturated carbocycles. The fourth-order valence-corrected chi connectivity index (χ4v) is 2.63. The molecule has 1 aromatic carbocycles. The quantitative estimate of drug-likeness (QED) is 0.802. The number of rotatable bonds is 4. The van der Waals surface area contributed by atoms with E-state index in [2.05, 4.69) is 36.0 Å². The van der Waals surface area contributed by atoms with Crippen molar-refractivity contribution in [3.63, 3.8) is 0 Å². The lowest BCUT2D eigenvalue weighted by molar-refractivity contribution is 0.0479. The van der Waals surface area contributed by atoms with E-state index in [1.807, 2.05) is 24.3 Å². The average molecular weight is 337 g/mol. The highest BCUT2D eigenvalue weighted by molar-refractivity contribution is 9.09. The van der Waals surface area contributed by atoms with Crippen molar-refractivity contribution < 1.29 is 4.74 Å². The standard InChI is InChI=1S/C14H17BrN4O/c15-7-10-20-11-5-8-19(9-6-11)14-16-12-3-1-2-4-13(12)17-18-14/h1-4,11H,5-10H2. The average Bonchev–Trinajstić information content (AvgIpc) is 2.53. The van der Waals surface area contributed by atoms with Crippen molar-refractivity contribution in [3.05, 3.63) is 24.3 Å². The molecule has 5 nitrogen and oxygen atoms in total. The van der Waals surface area contributed by atoms with Crippen LogP contribution in [0.2, 0.25) is 0 Å². The van der Waals surface area contributed by atoms with Crippen LogP contribution >= 0.6 is 15.9 Å². The third-order valence-electron chi connectivity index (χ3n) is 3.50. The minimum atomic E-state index is 0.359. The van der Waals surface area contributed by atoms with Crippen molar-refractivity contribution in [2.75, 3.05) is 29.9 Å². The Morgan fingerprint density at radius 3 is 2.65 bits per heavy atom. The van der Waals surface area contributed by atoms with Crippen molar-refractivity contribution >= 4 is 32.9 Å². The van der Waals surface area contributed by atoms with Gasteiger partial charge in [0.15, 0.2) is 0 Å². The summed E-state index contributed by atoms with van der Waals surface area (Å²) in [6, 6.07) is 7.82. The second-order valence-electron chi connectivity index (χ2n) is 4.85. The third-order valence-corrected chi connectivity index (χ3v) is 3.83. The zero-order chi connectivity index (χ0) is 13.8. The molecule has 1 aromatic heterocycles. The van der Waals surface area contributed by atoms with E-state index < -0.39 is 0 Å². The Bertz CT molecular complexity index is 572. The summed E-state index contributed by atoms with van der Waals surface area (Å²) in [5.74, 6) is 0.725. The number of nitrogens with zero attached hydrogens (tertiary/aromatic N) is 4. The predicted molar refractivity (Wildman–Crippen MR) is 82.3 cm³/mol. The zero-order valence-corrected chi connectivity index (χ0v) is 12.8. The number of hydrogen-bond donors (Lipinski definition) is 0. The Hall–Kier alpha value is -1.27. The highest BCUT2D eigenvalue weighted by Gasteiger charge is 2.21. The summed E-state index contributed by atoms with van der Waals surface area (Å²) < 4.78 is 5.76. The summed E-state index contributed by atoms with van der Waals surface area (Å²) in [5.41, 5.74) is 1.74. The van der Waals surface area contributed by atoms with Gasteiger partial charge >= 0.3 is 0 Å². The molecule has 2 aromatic rings. The maximum Gasteiger partial charge on any atom is 0.245 e. The lowest BCUT2D eigenvalue weighted by Crippen LogP contribution is -2.38. The van der Waals surface area contributed by atoms with Gasteiger partial charge in [0.05, 0.1) is 18.2 Å². The molecule has 1 aliphatic heterocycles. The van der Waals surface area contributed by atoms with Crippen molar-refractivity contribution in [1.29, 1.82) is 0 Å². The number of piperidine rings is 1. The Morgan fingerprint density at radius 1 is 1.15 bits per heavy atom. The fourth-order valence-electron chi connectivity index (χ4n) is 2.44. The summed E-state index contributed by atoms with van der Waals surface area (Å²) in [6.45, 7) is 2.62. The highest BCUT2D eigenvalue weighted by Crippen LogP contribution is 2.19. The summed E-state index contributed by atoms with van der Waals surface area (Å²) in [6.07, 6.45) is 2.39. The summed E-state index contributed by atoms with van der Waals surface area (Å²) in [5, 5.41) is 9.36. The minimum Gasteiger partial charge on any atom is -0.377 e. The number of hydrogen-bond acceptors (Lipinski definition) is 5. The van der Waals surface area contributed by atoms with Crippen LogP contribution in [0.15, 0.2) is 24.3 Å². The van der Waals surface area contributed by atoms with Crippen molar-refractivity contribution in [2.24, 2.45) is 0 Å². The number of anilines is 1. The van der Waals surface area contributed by atoms with Crippen molar-refractivity contribution in [3.8, 4) is 0 Å². The van der Waals surface area contributed by atoms with Crippen LogP contribution < -0.4 is 4.90 Å². The van der Waals surface area contributed by atoms with Gasteiger partial charge in [0.2, 0.25) is 5.95 Å². The normalized spacial score (nSPS) is 16.8. The number of aromatic nitrogens is 3. The van der Waals surface area contributed by atoms with E-state index in [0.717, 1.165) is 54.8 Å². The van der Waals surface area contributed by atoms with Crippen LogP contribution in [-0.2, 0) is 4.74 Å². The SMILES string of the molecule is BrCCOC1CCN(c2nnc3ccccc3n2)CC1. The van der Waals surface area contributed by atoms with E-state index >= 15 is 0 Å². The van der Waals surface area contributed by atoms with E-state index in [-0.39, 0.29) is 0 Å². The lowest BCUT2D eigenvalue weighted by Gasteiger charge is -2.31. The van der Waals surface area contributed by atoms with Gasteiger partial charge in [-0.05, 0) is 25.0 Å². The molecule has 0 amide bonds. The van der Waals surface area contributed by atoms with Crippen LogP contribution in [0.3, 0.4) is 0 Å². The Kier molecular flexibility index (Phi) is 4.42. The van der Waals surface area contributed by atoms with E-state index in [1.54, 1.807) is 0 Å². The molecule has 1 saturated heterocycles. The molecule has 1 aliphatic rings. The topological polar surface area (TPSA) is 51.1 Å². The number of fused-ring (bicyclic) bond motifs is 1. The zero-order valence-electron chi connectivity index (χ0n) is 11.2. The molecule has 0 atom stereocenters. The minimum absolute atomic E-state index is 0.359. The van der Waals surface area contributed by atoms with E-state index in [1.165, 1.54) is 0 Å². The summed E-state index contributed by atoms with van der Waals surface area (Å²) in [7, 11) is 0. The first-order valence-electron chi connectivity index (χ1n) is 6.89. The first kappa shape index (κ1) is 13.7. The van der Waals surface area contributed by atoms with Crippen molar-refractivity contribution in [2.45, 2.75) is 18.9 Å². The van der Waals surface area contributed by atoms with Gasteiger partial charge in [0.25, 0.3) is 0 Å². The largest absolute Gasteiger partial charge is 0.377 e. The first-order chi connectivity index (χ1) is 9.86. The Balaban J connectivity index is 1.67. The van der Waals surface area contributed by atoms with Crippen LogP contribution in [0.1, 0.15) is 12.8 Å². The molecule has 2 heterocycles. The van der Waals surface area contributed by atoms with Crippen LogP contribution in [0, 0.1) is 0 Å². The summed E-state index contributed by atoms with van der Waals surface area (Å²) >= 11 is 3.38. The molecule has 0 bridgehead atoms. The molecule has 1 fully saturated rings. The van der Waals surface area contributed by atoms with Gasteiger partial charge in [-0.15, -0.1) is 10.2 Å². The van der Waals surface area contributed by atoms with Crippen LogP contribution in [0.5, 0.6) is 0 Å². The maximum atomic E-state index is 5.76. The molecule has 0 radical (unpaired) electrons. The van der Waals surface area contributed by atoms with Gasteiger partial charge in [-0.3, -0.25) is 0 Å². The number of benzene rings is 1. The second-order valence-corrected chi connectivity index (χ2v) is 5.64. The number of halogens is 1. The smallest absolute Gasteiger partial charge is 0.245 e. The van der Waals surface area contributed by atoms with Crippen LogP contribution in [0.4, 0.5) is 5.95 Å². The van der Waals surface area contributed by atoms with Gasteiger partial charge in [0.1, 0.15) is 5.52 Å². The van der Waals surface area contributed by atoms with Gasteiger partial charge in [-0.1, -0.05) is 28.1 Å². The number of ether oxygens (including phenoxy) is 1. The molecule has 0 unspecified atom stereocenters.